The van der Waals surface area contributed by atoms with E-state index >= 15 is 0 Å². The van der Waals surface area contributed by atoms with Gasteiger partial charge in [-0.1, -0.05) is 6.42 Å². The van der Waals surface area contributed by atoms with Crippen LogP contribution in [0.2, 0.25) is 0 Å². The van der Waals surface area contributed by atoms with Crippen LogP contribution in [0.15, 0.2) is 0 Å². The molecule has 6 heteroatoms. The van der Waals surface area contributed by atoms with Gasteiger partial charge < -0.3 is 20.5 Å². The molecule has 0 aromatic carbocycles. The average Bonchev–Trinajstić information content (AvgIpc) is 2.79. The maximum absolute atomic E-state index is 11.7. The molecule has 2 unspecified atom stereocenters. The Morgan fingerprint density at radius 1 is 1.32 bits per heavy atom. The minimum absolute atomic E-state index is 0.0661. The van der Waals surface area contributed by atoms with E-state index < -0.39 is 5.97 Å². The molecule has 0 aromatic heterocycles. The van der Waals surface area contributed by atoms with E-state index in [1.807, 2.05) is 0 Å². The summed E-state index contributed by atoms with van der Waals surface area (Å²) in [7, 11) is 1.67. The zero-order valence-electron chi connectivity index (χ0n) is 11.2. The fraction of sp³-hybridized carbons (Fsp3) is 0.846. The van der Waals surface area contributed by atoms with Gasteiger partial charge in [0.25, 0.3) is 0 Å². The summed E-state index contributed by atoms with van der Waals surface area (Å²) in [6.45, 7) is 0.448. The normalized spacial score (nSPS) is 33.5. The molecule has 2 amide bonds. The fourth-order valence-electron chi connectivity index (χ4n) is 2.94. The molecule has 3 N–H and O–H groups in total. The van der Waals surface area contributed by atoms with E-state index in [2.05, 4.69) is 10.6 Å². The van der Waals surface area contributed by atoms with E-state index in [0.29, 0.717) is 6.54 Å². The number of carbonyl (C=O) groups is 2. The van der Waals surface area contributed by atoms with Crippen LogP contribution in [0.3, 0.4) is 0 Å². The Morgan fingerprint density at radius 3 is 2.68 bits per heavy atom. The number of methoxy groups -OCH3 is 1. The smallest absolute Gasteiger partial charge is 0.315 e. The molecule has 2 atom stereocenters. The SMILES string of the molecule is COC1CC(NC(=O)NCC2CCCC2C(=O)O)C1. The number of ether oxygens (including phenoxy) is 1. The number of aliphatic carboxylic acids is 1. The second-order valence-electron chi connectivity index (χ2n) is 5.52. The number of nitrogens with one attached hydrogen (secondary N) is 2. The first-order valence-corrected chi connectivity index (χ1v) is 6.90. The summed E-state index contributed by atoms with van der Waals surface area (Å²) >= 11 is 0. The summed E-state index contributed by atoms with van der Waals surface area (Å²) in [5, 5.41) is 14.7. The number of carboxylic acid groups (broad SMARTS) is 1. The third-order valence-electron chi connectivity index (χ3n) is 4.26. The number of carbonyl (C=O) groups excluding carboxylic acids is 1. The molecule has 0 radical (unpaired) electrons. The molecule has 2 rings (SSSR count). The maximum atomic E-state index is 11.7. The monoisotopic (exact) mass is 270 g/mol. The van der Waals surface area contributed by atoms with Crippen molar-refractivity contribution in [1.82, 2.24) is 10.6 Å². The van der Waals surface area contributed by atoms with E-state index in [0.717, 1.165) is 32.1 Å². The molecule has 0 bridgehead atoms. The Morgan fingerprint density at radius 2 is 2.05 bits per heavy atom. The zero-order chi connectivity index (χ0) is 13.8. The predicted octanol–water partition coefficient (Wildman–Crippen LogP) is 0.964. The first kappa shape index (κ1) is 14.1. The van der Waals surface area contributed by atoms with Gasteiger partial charge in [0.1, 0.15) is 0 Å². The second kappa shape index (κ2) is 6.23. The summed E-state index contributed by atoms with van der Waals surface area (Å²) in [6.07, 6.45) is 4.50. The van der Waals surface area contributed by atoms with Crippen LogP contribution in [-0.4, -0.2) is 42.9 Å². The van der Waals surface area contributed by atoms with Gasteiger partial charge in [0.05, 0.1) is 12.0 Å². The summed E-state index contributed by atoms with van der Waals surface area (Å²) in [5.41, 5.74) is 0. The summed E-state index contributed by atoms with van der Waals surface area (Å²) in [5.74, 6) is -0.982. The Bertz CT molecular complexity index is 342. The molecule has 2 aliphatic rings. The van der Waals surface area contributed by atoms with Crippen LogP contribution in [0.5, 0.6) is 0 Å². The molecule has 0 saturated heterocycles. The summed E-state index contributed by atoms with van der Waals surface area (Å²) < 4.78 is 5.14. The van der Waals surface area contributed by atoms with Gasteiger partial charge in [-0.3, -0.25) is 4.79 Å². The summed E-state index contributed by atoms with van der Waals surface area (Å²) in [6, 6.07) is -0.0145. The first-order valence-electron chi connectivity index (χ1n) is 6.90. The van der Waals surface area contributed by atoms with Crippen LogP contribution < -0.4 is 10.6 Å². The molecule has 0 aliphatic heterocycles. The Balaban J connectivity index is 1.65. The van der Waals surface area contributed by atoms with Crippen molar-refractivity contribution in [2.24, 2.45) is 11.8 Å². The van der Waals surface area contributed by atoms with Crippen LogP contribution in [0.1, 0.15) is 32.1 Å². The average molecular weight is 270 g/mol. The van der Waals surface area contributed by atoms with Gasteiger partial charge in [0.2, 0.25) is 0 Å². The molecule has 2 fully saturated rings. The van der Waals surface area contributed by atoms with Gasteiger partial charge in [0, 0.05) is 19.7 Å². The lowest BCUT2D eigenvalue weighted by molar-refractivity contribution is -0.142. The van der Waals surface area contributed by atoms with Crippen LogP contribution in [0.4, 0.5) is 4.79 Å². The fourth-order valence-corrected chi connectivity index (χ4v) is 2.94. The van der Waals surface area contributed by atoms with Gasteiger partial charge in [-0.15, -0.1) is 0 Å². The zero-order valence-corrected chi connectivity index (χ0v) is 11.2. The van der Waals surface area contributed by atoms with Crippen LogP contribution in [-0.2, 0) is 9.53 Å². The molecule has 19 heavy (non-hydrogen) atoms. The first-order chi connectivity index (χ1) is 9.10. The van der Waals surface area contributed by atoms with Gasteiger partial charge in [-0.25, -0.2) is 4.79 Å². The predicted molar refractivity (Wildman–Crippen MR) is 68.8 cm³/mol. The Kier molecular flexibility index (Phi) is 4.63. The molecule has 2 saturated carbocycles. The van der Waals surface area contributed by atoms with E-state index in [1.165, 1.54) is 0 Å². The Hall–Kier alpha value is -1.30. The minimum Gasteiger partial charge on any atom is -0.481 e. The quantitative estimate of drug-likeness (QED) is 0.694. The van der Waals surface area contributed by atoms with Gasteiger partial charge in [0.15, 0.2) is 0 Å². The highest BCUT2D eigenvalue weighted by Crippen LogP contribution is 2.31. The third kappa shape index (κ3) is 3.59. The van der Waals surface area contributed by atoms with Crippen molar-refractivity contribution < 1.29 is 19.4 Å². The standard InChI is InChI=1S/C13H22N2O4/c1-19-10-5-9(6-10)15-13(18)14-7-8-3-2-4-11(8)12(16)17/h8-11H,2-7H2,1H3,(H,16,17)(H2,14,15,18). The van der Waals surface area contributed by atoms with Crippen LogP contribution in [0.25, 0.3) is 0 Å². The van der Waals surface area contributed by atoms with Gasteiger partial charge >= 0.3 is 12.0 Å². The molecule has 0 aromatic rings. The van der Waals surface area contributed by atoms with Crippen molar-refractivity contribution in [3.63, 3.8) is 0 Å². The maximum Gasteiger partial charge on any atom is 0.315 e. The number of urea groups is 1. The van der Waals surface area contributed by atoms with E-state index in [4.69, 9.17) is 9.84 Å². The summed E-state index contributed by atoms with van der Waals surface area (Å²) in [4.78, 5) is 22.7. The third-order valence-corrected chi connectivity index (χ3v) is 4.26. The minimum atomic E-state index is -0.744. The van der Waals surface area contributed by atoms with Gasteiger partial charge in [-0.2, -0.15) is 0 Å². The van der Waals surface area contributed by atoms with Crippen molar-refractivity contribution in [2.45, 2.75) is 44.2 Å². The number of amides is 2. The van der Waals surface area contributed by atoms with Crippen molar-refractivity contribution in [3.8, 4) is 0 Å². The lowest BCUT2D eigenvalue weighted by atomic mass is 9.89. The second-order valence-corrected chi connectivity index (χ2v) is 5.52. The van der Waals surface area contributed by atoms with Gasteiger partial charge in [-0.05, 0) is 31.6 Å². The van der Waals surface area contributed by atoms with E-state index in [-0.39, 0.29) is 30.0 Å². The molecule has 6 nitrogen and oxygen atoms in total. The molecular formula is C13H22N2O4. The van der Waals surface area contributed by atoms with Crippen molar-refractivity contribution >= 4 is 12.0 Å². The highest BCUT2D eigenvalue weighted by atomic mass is 16.5. The van der Waals surface area contributed by atoms with Crippen molar-refractivity contribution in [1.29, 1.82) is 0 Å². The van der Waals surface area contributed by atoms with Crippen molar-refractivity contribution in [3.05, 3.63) is 0 Å². The van der Waals surface area contributed by atoms with E-state index in [1.54, 1.807) is 7.11 Å². The highest BCUT2D eigenvalue weighted by Gasteiger charge is 2.33. The van der Waals surface area contributed by atoms with E-state index in [9.17, 15) is 9.59 Å². The molecular weight excluding hydrogens is 248 g/mol. The lowest BCUT2D eigenvalue weighted by Crippen LogP contribution is -2.51. The van der Waals surface area contributed by atoms with Crippen LogP contribution >= 0.6 is 0 Å². The Labute approximate surface area is 112 Å². The largest absolute Gasteiger partial charge is 0.481 e. The number of rotatable bonds is 5. The lowest BCUT2D eigenvalue weighted by Gasteiger charge is -2.34. The molecule has 0 heterocycles. The molecule has 0 spiro atoms. The topological polar surface area (TPSA) is 87.7 Å². The van der Waals surface area contributed by atoms with Crippen molar-refractivity contribution in [2.75, 3.05) is 13.7 Å². The molecule has 2 aliphatic carbocycles. The number of carboxylic acids is 1. The number of hydrogen-bond acceptors (Lipinski definition) is 3. The van der Waals surface area contributed by atoms with Crippen LogP contribution in [0, 0.1) is 11.8 Å². The highest BCUT2D eigenvalue weighted by molar-refractivity contribution is 5.74. The number of hydrogen-bond donors (Lipinski definition) is 3. The molecule has 108 valence electrons.